The fraction of sp³-hybridized carbons (Fsp3) is 0.538. The fourth-order valence-electron chi connectivity index (χ4n) is 1.51. The maximum atomic E-state index is 11.8. The van der Waals surface area contributed by atoms with Gasteiger partial charge < -0.3 is 15.4 Å². The van der Waals surface area contributed by atoms with Gasteiger partial charge in [-0.25, -0.2) is 9.59 Å². The molecule has 3 N–H and O–H groups in total. The second kappa shape index (κ2) is 7.26. The van der Waals surface area contributed by atoms with E-state index in [0.29, 0.717) is 5.92 Å². The van der Waals surface area contributed by atoms with Crippen LogP contribution in [0.1, 0.15) is 36.8 Å². The van der Waals surface area contributed by atoms with E-state index in [-0.39, 0.29) is 34.0 Å². The molecule has 1 rings (SSSR count). The summed E-state index contributed by atoms with van der Waals surface area (Å²) in [6.07, 6.45) is 0. The number of hydrogen-bond donors (Lipinski definition) is 3. The van der Waals surface area contributed by atoms with Crippen molar-refractivity contribution in [3.05, 3.63) is 21.7 Å². The Kier molecular flexibility index (Phi) is 5.95. The molecule has 21 heavy (non-hydrogen) atoms. The molecule has 0 aliphatic rings. The van der Waals surface area contributed by atoms with Crippen molar-refractivity contribution in [2.45, 2.75) is 38.8 Å². The molecule has 0 aliphatic carbocycles. The van der Waals surface area contributed by atoms with E-state index in [4.69, 9.17) is 5.11 Å². The highest BCUT2D eigenvalue weighted by atomic mass is 32.2. The number of H-pyrrole nitrogens is 1. The van der Waals surface area contributed by atoms with E-state index in [2.05, 4.69) is 15.3 Å². The van der Waals surface area contributed by atoms with Crippen molar-refractivity contribution in [3.63, 3.8) is 0 Å². The molecule has 0 saturated heterocycles. The summed E-state index contributed by atoms with van der Waals surface area (Å²) >= 11 is 0.942. The van der Waals surface area contributed by atoms with Gasteiger partial charge >= 0.3 is 11.7 Å². The number of rotatable bonds is 6. The molecule has 0 bridgehead atoms. The van der Waals surface area contributed by atoms with Crippen LogP contribution in [0.3, 0.4) is 0 Å². The molecule has 1 aromatic rings. The van der Waals surface area contributed by atoms with Gasteiger partial charge in [0, 0.05) is 11.7 Å². The first kappa shape index (κ1) is 17.2. The van der Waals surface area contributed by atoms with Crippen LogP contribution in [0, 0.1) is 12.8 Å². The Morgan fingerprint density at radius 2 is 2.00 bits per heavy atom. The van der Waals surface area contributed by atoms with Crippen LogP contribution in [0.4, 0.5) is 0 Å². The number of aromatic carboxylic acids is 1. The molecule has 0 fully saturated rings. The highest BCUT2D eigenvalue weighted by Gasteiger charge is 2.18. The van der Waals surface area contributed by atoms with E-state index in [1.165, 1.54) is 6.92 Å². The molecule has 8 heteroatoms. The van der Waals surface area contributed by atoms with Crippen molar-refractivity contribution in [1.82, 2.24) is 15.3 Å². The largest absolute Gasteiger partial charge is 0.478 e. The normalized spacial score (nSPS) is 12.2. The predicted octanol–water partition coefficient (Wildman–Crippen LogP) is 1.03. The number of carbonyl (C=O) groups excluding carboxylic acids is 1. The van der Waals surface area contributed by atoms with Crippen molar-refractivity contribution in [3.8, 4) is 0 Å². The maximum absolute atomic E-state index is 11.8. The number of nitrogens with zero attached hydrogens (tertiary/aromatic N) is 1. The zero-order valence-electron chi connectivity index (χ0n) is 12.4. The minimum Gasteiger partial charge on any atom is -0.478 e. The third-order valence-corrected chi connectivity index (χ3v) is 4.00. The number of nitrogens with one attached hydrogen (secondary N) is 2. The molecule has 1 unspecified atom stereocenters. The number of aromatic nitrogens is 2. The lowest BCUT2D eigenvalue weighted by atomic mass is 10.1. The van der Waals surface area contributed by atoms with E-state index in [9.17, 15) is 14.4 Å². The Morgan fingerprint density at radius 3 is 2.52 bits per heavy atom. The number of carboxylic acid groups (broad SMARTS) is 1. The summed E-state index contributed by atoms with van der Waals surface area (Å²) in [6.45, 7) is 7.35. The Hall–Kier alpha value is -1.83. The second-order valence-corrected chi connectivity index (χ2v) is 6.01. The van der Waals surface area contributed by atoms with Gasteiger partial charge in [-0.05, 0) is 19.8 Å². The third kappa shape index (κ3) is 4.89. The standard InChI is InChI=1S/C13H19N3O4S/c1-6(2)7(3)14-9(17)5-21-11-10(12(18)19)8(4)15-13(20)16-11/h6-7H,5H2,1-4H3,(H,14,17)(H,18,19)(H,15,16,20). The lowest BCUT2D eigenvalue weighted by Crippen LogP contribution is -2.37. The first-order valence-electron chi connectivity index (χ1n) is 6.48. The summed E-state index contributed by atoms with van der Waals surface area (Å²) in [5.41, 5.74) is -0.485. The van der Waals surface area contributed by atoms with Gasteiger partial charge in [0.1, 0.15) is 10.6 Å². The summed E-state index contributed by atoms with van der Waals surface area (Å²) in [7, 11) is 0. The number of hydrogen-bond acceptors (Lipinski definition) is 5. The molecule has 7 nitrogen and oxygen atoms in total. The number of aryl methyl sites for hydroxylation is 1. The lowest BCUT2D eigenvalue weighted by Gasteiger charge is -2.17. The van der Waals surface area contributed by atoms with Crippen LogP contribution < -0.4 is 11.0 Å². The topological polar surface area (TPSA) is 112 Å². The van der Waals surface area contributed by atoms with Crippen molar-refractivity contribution in [1.29, 1.82) is 0 Å². The predicted molar refractivity (Wildman–Crippen MR) is 79.7 cm³/mol. The maximum Gasteiger partial charge on any atom is 0.346 e. The van der Waals surface area contributed by atoms with Crippen LogP contribution in [0.25, 0.3) is 0 Å². The van der Waals surface area contributed by atoms with Crippen molar-refractivity contribution in [2.75, 3.05) is 5.75 Å². The first-order valence-corrected chi connectivity index (χ1v) is 7.47. The van der Waals surface area contributed by atoms with Gasteiger partial charge in [-0.3, -0.25) is 4.79 Å². The summed E-state index contributed by atoms with van der Waals surface area (Å²) in [4.78, 5) is 40.3. The highest BCUT2D eigenvalue weighted by molar-refractivity contribution is 8.00. The van der Waals surface area contributed by atoms with Crippen LogP contribution >= 0.6 is 11.8 Å². The minimum absolute atomic E-state index is 0.00718. The average Bonchev–Trinajstić information content (AvgIpc) is 2.34. The van der Waals surface area contributed by atoms with E-state index in [0.717, 1.165) is 11.8 Å². The van der Waals surface area contributed by atoms with Gasteiger partial charge in [0.05, 0.1) is 5.75 Å². The Morgan fingerprint density at radius 1 is 1.38 bits per heavy atom. The minimum atomic E-state index is -1.19. The van der Waals surface area contributed by atoms with Gasteiger partial charge in [-0.1, -0.05) is 25.6 Å². The zero-order chi connectivity index (χ0) is 16.2. The van der Waals surface area contributed by atoms with E-state index < -0.39 is 11.7 Å². The number of carbonyl (C=O) groups is 2. The molecular weight excluding hydrogens is 294 g/mol. The molecular formula is C13H19N3O4S. The third-order valence-electron chi connectivity index (χ3n) is 3.03. The van der Waals surface area contributed by atoms with Crippen molar-refractivity contribution < 1.29 is 14.7 Å². The second-order valence-electron chi connectivity index (χ2n) is 5.04. The van der Waals surface area contributed by atoms with Crippen LogP contribution in [0.2, 0.25) is 0 Å². The molecule has 1 atom stereocenters. The summed E-state index contributed by atoms with van der Waals surface area (Å²) in [6, 6.07) is 0.0194. The van der Waals surface area contributed by atoms with Crippen molar-refractivity contribution in [2.24, 2.45) is 5.92 Å². The van der Waals surface area contributed by atoms with E-state index in [1.807, 2.05) is 20.8 Å². The monoisotopic (exact) mass is 313 g/mol. The van der Waals surface area contributed by atoms with Gasteiger partial charge in [-0.15, -0.1) is 0 Å². The first-order chi connectivity index (χ1) is 9.72. The Bertz CT molecular complexity index is 598. The molecule has 0 aliphatic heterocycles. The number of carboxylic acids is 1. The lowest BCUT2D eigenvalue weighted by molar-refractivity contribution is -0.119. The molecule has 0 spiro atoms. The number of aromatic amines is 1. The summed E-state index contributed by atoms with van der Waals surface area (Å²) in [5.74, 6) is -1.10. The van der Waals surface area contributed by atoms with Crippen molar-refractivity contribution >= 4 is 23.6 Å². The summed E-state index contributed by atoms with van der Waals surface area (Å²) in [5, 5.41) is 12.0. The number of thioether (sulfide) groups is 1. The quantitative estimate of drug-likeness (QED) is 0.534. The molecule has 1 heterocycles. The highest BCUT2D eigenvalue weighted by Crippen LogP contribution is 2.20. The van der Waals surface area contributed by atoms with Gasteiger partial charge in [0.2, 0.25) is 5.91 Å². The molecule has 116 valence electrons. The molecule has 0 aromatic carbocycles. The average molecular weight is 313 g/mol. The SMILES string of the molecule is Cc1[nH]c(=O)nc(SCC(=O)NC(C)C(C)C)c1C(=O)O. The molecule has 1 amide bonds. The molecule has 1 aromatic heterocycles. The molecule has 0 radical (unpaired) electrons. The Labute approximate surface area is 126 Å². The van der Waals surface area contributed by atoms with Gasteiger partial charge in [-0.2, -0.15) is 4.98 Å². The fourth-order valence-corrected chi connectivity index (χ4v) is 2.40. The zero-order valence-corrected chi connectivity index (χ0v) is 13.2. The number of amides is 1. The van der Waals surface area contributed by atoms with Crippen LogP contribution in [-0.2, 0) is 4.79 Å². The van der Waals surface area contributed by atoms with E-state index in [1.54, 1.807) is 0 Å². The molecule has 0 saturated carbocycles. The summed E-state index contributed by atoms with van der Waals surface area (Å²) < 4.78 is 0. The van der Waals surface area contributed by atoms with Crippen LogP contribution in [0.15, 0.2) is 9.82 Å². The van der Waals surface area contributed by atoms with E-state index >= 15 is 0 Å². The Balaban J connectivity index is 2.82. The van der Waals surface area contributed by atoms with Gasteiger partial charge in [0.15, 0.2) is 0 Å². The smallest absolute Gasteiger partial charge is 0.346 e. The van der Waals surface area contributed by atoms with Crippen LogP contribution in [0.5, 0.6) is 0 Å². The van der Waals surface area contributed by atoms with Crippen LogP contribution in [-0.4, -0.2) is 38.7 Å². The van der Waals surface area contributed by atoms with Gasteiger partial charge in [0.25, 0.3) is 0 Å².